The van der Waals surface area contributed by atoms with Crippen molar-refractivity contribution in [2.75, 3.05) is 5.75 Å². The van der Waals surface area contributed by atoms with Crippen molar-refractivity contribution in [2.45, 2.75) is 45.9 Å². The molecule has 1 aromatic rings. The summed E-state index contributed by atoms with van der Waals surface area (Å²) >= 11 is 4.15. The number of rotatable bonds is 5. The summed E-state index contributed by atoms with van der Waals surface area (Å²) in [4.78, 5) is 0. The minimum absolute atomic E-state index is 0.130. The van der Waals surface area contributed by atoms with Gasteiger partial charge in [0.05, 0.1) is 18.4 Å². The van der Waals surface area contributed by atoms with Crippen molar-refractivity contribution in [1.82, 2.24) is 15.0 Å². The molecule has 0 aliphatic carbocycles. The molecule has 0 aromatic carbocycles. The lowest BCUT2D eigenvalue weighted by Gasteiger charge is -2.18. The molecule has 0 atom stereocenters. The molecule has 0 saturated carbocycles. The van der Waals surface area contributed by atoms with Gasteiger partial charge in [-0.2, -0.15) is 12.6 Å². The summed E-state index contributed by atoms with van der Waals surface area (Å²) in [6, 6.07) is 0. The largest absolute Gasteiger partial charge is 0.369 e. The Morgan fingerprint density at radius 2 is 2.20 bits per heavy atom. The second kappa shape index (κ2) is 5.51. The monoisotopic (exact) mass is 229 g/mol. The highest BCUT2D eigenvalue weighted by molar-refractivity contribution is 7.80. The average molecular weight is 229 g/mol. The maximum atomic E-state index is 5.60. The van der Waals surface area contributed by atoms with E-state index < -0.39 is 0 Å². The van der Waals surface area contributed by atoms with Gasteiger partial charge in [0.25, 0.3) is 0 Å². The minimum atomic E-state index is -0.130. The average Bonchev–Trinajstić information content (AvgIpc) is 2.58. The summed E-state index contributed by atoms with van der Waals surface area (Å²) in [5.74, 6) is 0.869. The first-order valence-electron chi connectivity index (χ1n) is 5.15. The van der Waals surface area contributed by atoms with Crippen molar-refractivity contribution in [1.29, 1.82) is 0 Å². The minimum Gasteiger partial charge on any atom is -0.369 e. The van der Waals surface area contributed by atoms with Crippen molar-refractivity contribution in [3.8, 4) is 0 Å². The van der Waals surface area contributed by atoms with Gasteiger partial charge in [-0.3, -0.25) is 4.68 Å². The number of thiol groups is 1. The van der Waals surface area contributed by atoms with Crippen molar-refractivity contribution < 1.29 is 4.74 Å². The van der Waals surface area contributed by atoms with E-state index >= 15 is 0 Å². The van der Waals surface area contributed by atoms with E-state index in [4.69, 9.17) is 4.74 Å². The number of ether oxygens (including phenoxy) is 1. The van der Waals surface area contributed by atoms with Crippen LogP contribution in [0.3, 0.4) is 0 Å². The van der Waals surface area contributed by atoms with Crippen LogP contribution in [0.15, 0.2) is 6.20 Å². The van der Waals surface area contributed by atoms with Gasteiger partial charge in [-0.25, -0.2) is 0 Å². The van der Waals surface area contributed by atoms with E-state index in [1.165, 1.54) is 0 Å². The van der Waals surface area contributed by atoms with Crippen LogP contribution in [0.25, 0.3) is 0 Å². The van der Waals surface area contributed by atoms with Gasteiger partial charge in [0, 0.05) is 6.54 Å². The highest BCUT2D eigenvalue weighted by atomic mass is 32.1. The fourth-order valence-electron chi connectivity index (χ4n) is 1.04. The molecule has 0 fully saturated rings. The van der Waals surface area contributed by atoms with Crippen molar-refractivity contribution in [3.63, 3.8) is 0 Å². The molecule has 4 nitrogen and oxygen atoms in total. The molecular formula is C10H19N3OS. The standard InChI is InChI=1S/C10H19N3OS/c1-10(2,3)14-8-9-7-13(12-11-9)5-4-6-15/h7,15H,4-6,8H2,1-3H3. The van der Waals surface area contributed by atoms with Gasteiger partial charge in [0.1, 0.15) is 5.69 Å². The Hall–Kier alpha value is -0.550. The predicted molar refractivity (Wildman–Crippen MR) is 63.0 cm³/mol. The first-order valence-corrected chi connectivity index (χ1v) is 5.78. The van der Waals surface area contributed by atoms with Crippen LogP contribution in [0, 0.1) is 0 Å². The Labute approximate surface area is 96.4 Å². The summed E-state index contributed by atoms with van der Waals surface area (Å²) in [5, 5.41) is 8.04. The number of hydrogen-bond acceptors (Lipinski definition) is 4. The normalized spacial score (nSPS) is 12.0. The van der Waals surface area contributed by atoms with E-state index in [0.717, 1.165) is 24.4 Å². The molecule has 86 valence electrons. The molecule has 15 heavy (non-hydrogen) atoms. The van der Waals surface area contributed by atoms with Gasteiger partial charge in [-0.1, -0.05) is 5.21 Å². The molecule has 0 aliphatic rings. The fraction of sp³-hybridized carbons (Fsp3) is 0.800. The Balaban J connectivity index is 2.39. The van der Waals surface area contributed by atoms with Crippen LogP contribution in [-0.4, -0.2) is 26.3 Å². The molecule has 0 N–H and O–H groups in total. The molecule has 1 rings (SSSR count). The topological polar surface area (TPSA) is 39.9 Å². The van der Waals surface area contributed by atoms with E-state index in [1.807, 2.05) is 31.6 Å². The lowest BCUT2D eigenvalue weighted by molar-refractivity contribution is -0.0165. The maximum Gasteiger partial charge on any atom is 0.108 e. The van der Waals surface area contributed by atoms with Crippen LogP contribution in [0.4, 0.5) is 0 Å². The highest BCUT2D eigenvalue weighted by Crippen LogP contribution is 2.09. The van der Waals surface area contributed by atoms with E-state index in [9.17, 15) is 0 Å². The van der Waals surface area contributed by atoms with Gasteiger partial charge < -0.3 is 4.74 Å². The van der Waals surface area contributed by atoms with Gasteiger partial charge >= 0.3 is 0 Å². The van der Waals surface area contributed by atoms with Gasteiger partial charge in [-0.05, 0) is 32.9 Å². The van der Waals surface area contributed by atoms with E-state index in [-0.39, 0.29) is 5.60 Å². The Bertz CT molecular complexity index is 293. The number of nitrogens with zero attached hydrogens (tertiary/aromatic N) is 3. The molecule has 0 amide bonds. The zero-order chi connectivity index (χ0) is 11.3. The van der Waals surface area contributed by atoms with Crippen LogP contribution in [0.2, 0.25) is 0 Å². The third-order valence-corrected chi connectivity index (χ3v) is 2.10. The van der Waals surface area contributed by atoms with Gasteiger partial charge in [0.2, 0.25) is 0 Å². The molecule has 0 bridgehead atoms. The summed E-state index contributed by atoms with van der Waals surface area (Å²) in [7, 11) is 0. The third kappa shape index (κ3) is 5.18. The first-order chi connectivity index (χ1) is 7.01. The molecule has 1 aromatic heterocycles. The van der Waals surface area contributed by atoms with E-state index in [2.05, 4.69) is 22.9 Å². The van der Waals surface area contributed by atoms with Crippen molar-refractivity contribution >= 4 is 12.6 Å². The molecule has 0 aliphatic heterocycles. The smallest absolute Gasteiger partial charge is 0.108 e. The van der Waals surface area contributed by atoms with Crippen LogP contribution in [0.5, 0.6) is 0 Å². The quantitative estimate of drug-likeness (QED) is 0.784. The zero-order valence-corrected chi connectivity index (χ0v) is 10.5. The number of aromatic nitrogens is 3. The first kappa shape index (κ1) is 12.5. The molecule has 0 spiro atoms. The molecular weight excluding hydrogens is 210 g/mol. The van der Waals surface area contributed by atoms with Crippen molar-refractivity contribution in [2.24, 2.45) is 0 Å². The summed E-state index contributed by atoms with van der Waals surface area (Å²) in [6.07, 6.45) is 2.93. The van der Waals surface area contributed by atoms with Crippen molar-refractivity contribution in [3.05, 3.63) is 11.9 Å². The second-order valence-corrected chi connectivity index (χ2v) is 4.90. The molecule has 5 heteroatoms. The van der Waals surface area contributed by atoms with Crippen LogP contribution in [0.1, 0.15) is 32.9 Å². The molecule has 1 heterocycles. The molecule has 0 unspecified atom stereocenters. The third-order valence-electron chi connectivity index (χ3n) is 1.78. The Morgan fingerprint density at radius 3 is 2.80 bits per heavy atom. The Morgan fingerprint density at radius 1 is 1.47 bits per heavy atom. The summed E-state index contributed by atoms with van der Waals surface area (Å²) in [5.41, 5.74) is 0.749. The van der Waals surface area contributed by atoms with Gasteiger partial charge in [-0.15, -0.1) is 5.10 Å². The van der Waals surface area contributed by atoms with E-state index in [0.29, 0.717) is 6.61 Å². The number of aryl methyl sites for hydroxylation is 1. The lowest BCUT2D eigenvalue weighted by Crippen LogP contribution is -2.18. The molecule has 0 saturated heterocycles. The van der Waals surface area contributed by atoms with Gasteiger partial charge in [0.15, 0.2) is 0 Å². The number of hydrogen-bond donors (Lipinski definition) is 1. The Kier molecular flexibility index (Phi) is 4.60. The fourth-order valence-corrected chi connectivity index (χ4v) is 1.18. The van der Waals surface area contributed by atoms with Crippen LogP contribution >= 0.6 is 12.6 Å². The summed E-state index contributed by atoms with van der Waals surface area (Å²) in [6.45, 7) is 7.46. The SMILES string of the molecule is CC(C)(C)OCc1cn(CCCS)nn1. The summed E-state index contributed by atoms with van der Waals surface area (Å²) < 4.78 is 7.43. The lowest BCUT2D eigenvalue weighted by atomic mass is 10.2. The second-order valence-electron chi connectivity index (χ2n) is 4.45. The van der Waals surface area contributed by atoms with Crippen LogP contribution in [-0.2, 0) is 17.9 Å². The predicted octanol–water partition coefficient (Wildman–Crippen LogP) is 1.91. The van der Waals surface area contributed by atoms with Crippen LogP contribution < -0.4 is 0 Å². The zero-order valence-electron chi connectivity index (χ0n) is 9.60. The van der Waals surface area contributed by atoms with E-state index in [1.54, 1.807) is 0 Å². The molecule has 0 radical (unpaired) electrons. The highest BCUT2D eigenvalue weighted by Gasteiger charge is 2.11. The maximum absolute atomic E-state index is 5.60.